The van der Waals surface area contributed by atoms with Crippen LogP contribution in [0.5, 0.6) is 0 Å². The molecule has 0 saturated carbocycles. The van der Waals surface area contributed by atoms with Crippen LogP contribution in [-0.4, -0.2) is 54.5 Å². The Balaban J connectivity index is 3.15. The summed E-state index contributed by atoms with van der Waals surface area (Å²) in [5.74, 6) is -2.35. The summed E-state index contributed by atoms with van der Waals surface area (Å²) in [5.41, 5.74) is 0. The SMILES string of the molecule is CC(=O)NC1O[C@@H](C)[C@@H](OC(C)=O)[C@@H](OC(C)=O)[C@@H]1OC(C)=O. The summed E-state index contributed by atoms with van der Waals surface area (Å²) in [4.78, 5) is 45.3. The van der Waals surface area contributed by atoms with Crippen LogP contribution in [0.4, 0.5) is 0 Å². The first-order chi connectivity index (χ1) is 10.6. The second kappa shape index (κ2) is 7.91. The van der Waals surface area contributed by atoms with E-state index < -0.39 is 54.5 Å². The quantitative estimate of drug-likeness (QED) is 0.549. The summed E-state index contributed by atoms with van der Waals surface area (Å²) in [6.07, 6.45) is -4.98. The zero-order chi connectivity index (χ0) is 17.7. The van der Waals surface area contributed by atoms with Crippen molar-refractivity contribution >= 4 is 23.8 Å². The van der Waals surface area contributed by atoms with E-state index in [2.05, 4.69) is 5.32 Å². The van der Waals surface area contributed by atoms with Crippen LogP contribution in [0, 0.1) is 0 Å². The standard InChI is InChI=1S/C14H21NO8/c1-6-11(21-8(3)17)12(22-9(4)18)13(23-10(5)19)14(20-6)15-7(2)16/h6,11-14H,1-5H3,(H,15,16)/t6-,11+,12+,13-,14?/m0/s1. The number of hydrogen-bond donors (Lipinski definition) is 1. The van der Waals surface area contributed by atoms with Gasteiger partial charge in [0.15, 0.2) is 24.5 Å². The van der Waals surface area contributed by atoms with Gasteiger partial charge in [0.2, 0.25) is 5.91 Å². The van der Waals surface area contributed by atoms with Crippen molar-refractivity contribution in [2.75, 3.05) is 0 Å². The molecule has 9 nitrogen and oxygen atoms in total. The fourth-order valence-electron chi connectivity index (χ4n) is 2.33. The Morgan fingerprint density at radius 2 is 1.22 bits per heavy atom. The minimum atomic E-state index is -1.15. The molecule has 1 aliphatic heterocycles. The number of esters is 3. The van der Waals surface area contributed by atoms with Crippen molar-refractivity contribution in [3.05, 3.63) is 0 Å². The van der Waals surface area contributed by atoms with Gasteiger partial charge in [-0.25, -0.2) is 0 Å². The molecule has 5 atom stereocenters. The number of nitrogens with one attached hydrogen (secondary N) is 1. The summed E-state index contributed by atoms with van der Waals surface area (Å²) in [5, 5.41) is 2.47. The molecule has 0 aromatic rings. The van der Waals surface area contributed by atoms with Crippen LogP contribution >= 0.6 is 0 Å². The number of carbonyl (C=O) groups is 4. The first-order valence-electron chi connectivity index (χ1n) is 7.06. The fourth-order valence-corrected chi connectivity index (χ4v) is 2.33. The lowest BCUT2D eigenvalue weighted by molar-refractivity contribution is -0.248. The highest BCUT2D eigenvalue weighted by Gasteiger charge is 2.50. The van der Waals surface area contributed by atoms with Crippen molar-refractivity contribution in [2.45, 2.75) is 65.3 Å². The molecule has 9 heteroatoms. The van der Waals surface area contributed by atoms with Crippen molar-refractivity contribution in [3.8, 4) is 0 Å². The smallest absolute Gasteiger partial charge is 0.303 e. The monoisotopic (exact) mass is 331 g/mol. The Bertz CT molecular complexity index is 491. The first kappa shape index (κ1) is 18.9. The third-order valence-electron chi connectivity index (χ3n) is 3.02. The summed E-state index contributed by atoms with van der Waals surface area (Å²) in [6, 6.07) is 0. The summed E-state index contributed by atoms with van der Waals surface area (Å²) in [7, 11) is 0. The van der Waals surface area contributed by atoms with Gasteiger partial charge >= 0.3 is 17.9 Å². The van der Waals surface area contributed by atoms with Gasteiger partial charge < -0.3 is 24.3 Å². The molecule has 23 heavy (non-hydrogen) atoms. The number of amides is 1. The van der Waals surface area contributed by atoms with Gasteiger partial charge in [-0.3, -0.25) is 19.2 Å². The van der Waals surface area contributed by atoms with Crippen molar-refractivity contribution in [3.63, 3.8) is 0 Å². The molecule has 1 fully saturated rings. The summed E-state index contributed by atoms with van der Waals surface area (Å²) < 4.78 is 21.0. The van der Waals surface area contributed by atoms with Crippen LogP contribution in [0.25, 0.3) is 0 Å². The Labute approximate surface area is 133 Å². The van der Waals surface area contributed by atoms with Gasteiger partial charge in [-0.05, 0) is 6.92 Å². The maximum Gasteiger partial charge on any atom is 0.303 e. The van der Waals surface area contributed by atoms with Crippen LogP contribution in [0.2, 0.25) is 0 Å². The van der Waals surface area contributed by atoms with Crippen LogP contribution in [0.3, 0.4) is 0 Å². The molecule has 0 spiro atoms. The van der Waals surface area contributed by atoms with Gasteiger partial charge in [-0.1, -0.05) is 0 Å². The molecule has 0 aromatic carbocycles. The van der Waals surface area contributed by atoms with Gasteiger partial charge in [0.1, 0.15) is 0 Å². The Kier molecular flexibility index (Phi) is 6.49. The highest BCUT2D eigenvalue weighted by atomic mass is 16.7. The van der Waals surface area contributed by atoms with E-state index in [0.717, 1.165) is 6.92 Å². The van der Waals surface area contributed by atoms with E-state index in [0.29, 0.717) is 0 Å². The third kappa shape index (κ3) is 5.51. The van der Waals surface area contributed by atoms with Crippen molar-refractivity contribution in [2.24, 2.45) is 0 Å². The van der Waals surface area contributed by atoms with Gasteiger partial charge in [-0.2, -0.15) is 0 Å². The van der Waals surface area contributed by atoms with E-state index in [1.807, 2.05) is 0 Å². The molecule has 0 radical (unpaired) electrons. The number of rotatable bonds is 4. The van der Waals surface area contributed by atoms with E-state index >= 15 is 0 Å². The van der Waals surface area contributed by atoms with Crippen molar-refractivity contribution in [1.82, 2.24) is 5.32 Å². The van der Waals surface area contributed by atoms with Crippen molar-refractivity contribution < 1.29 is 38.1 Å². The molecule has 0 aliphatic carbocycles. The second-order valence-electron chi connectivity index (χ2n) is 5.18. The summed E-state index contributed by atoms with van der Waals surface area (Å²) in [6.45, 7) is 6.37. The van der Waals surface area contributed by atoms with Gasteiger partial charge in [0, 0.05) is 27.7 Å². The van der Waals surface area contributed by atoms with Gasteiger partial charge in [0.25, 0.3) is 0 Å². The molecule has 0 aromatic heterocycles. The van der Waals surface area contributed by atoms with Crippen molar-refractivity contribution in [1.29, 1.82) is 0 Å². The lowest BCUT2D eigenvalue weighted by atomic mass is 9.98. The maximum absolute atomic E-state index is 11.4. The second-order valence-corrected chi connectivity index (χ2v) is 5.18. The van der Waals surface area contributed by atoms with E-state index in [9.17, 15) is 19.2 Å². The van der Waals surface area contributed by atoms with Gasteiger partial charge in [-0.15, -0.1) is 0 Å². The van der Waals surface area contributed by atoms with Crippen LogP contribution < -0.4 is 5.32 Å². The largest absolute Gasteiger partial charge is 0.456 e. The van der Waals surface area contributed by atoms with Crippen LogP contribution in [0.15, 0.2) is 0 Å². The predicted molar refractivity (Wildman–Crippen MR) is 74.8 cm³/mol. The Morgan fingerprint density at radius 3 is 1.65 bits per heavy atom. The molecule has 1 saturated heterocycles. The molecule has 1 N–H and O–H groups in total. The normalized spacial score (nSPS) is 30.0. The fraction of sp³-hybridized carbons (Fsp3) is 0.714. The zero-order valence-corrected chi connectivity index (χ0v) is 13.7. The van der Waals surface area contributed by atoms with Crippen LogP contribution in [0.1, 0.15) is 34.6 Å². The molecular weight excluding hydrogens is 310 g/mol. The number of ether oxygens (including phenoxy) is 4. The first-order valence-corrected chi connectivity index (χ1v) is 7.06. The molecule has 130 valence electrons. The Hall–Kier alpha value is -2.16. The molecule has 1 rings (SSSR count). The number of carbonyl (C=O) groups excluding carboxylic acids is 4. The zero-order valence-electron chi connectivity index (χ0n) is 13.7. The average molecular weight is 331 g/mol. The lowest BCUT2D eigenvalue weighted by Crippen LogP contribution is -2.64. The maximum atomic E-state index is 11.4. The predicted octanol–water partition coefficient (Wildman–Crippen LogP) is -0.338. The third-order valence-corrected chi connectivity index (χ3v) is 3.02. The topological polar surface area (TPSA) is 117 Å². The van der Waals surface area contributed by atoms with E-state index in [4.69, 9.17) is 18.9 Å². The van der Waals surface area contributed by atoms with E-state index in [1.165, 1.54) is 20.8 Å². The minimum Gasteiger partial charge on any atom is -0.456 e. The molecule has 1 unspecified atom stereocenters. The molecular formula is C14H21NO8. The molecule has 1 heterocycles. The molecule has 1 amide bonds. The van der Waals surface area contributed by atoms with E-state index in [1.54, 1.807) is 6.92 Å². The summed E-state index contributed by atoms with van der Waals surface area (Å²) >= 11 is 0. The van der Waals surface area contributed by atoms with Crippen LogP contribution in [-0.2, 0) is 38.1 Å². The Morgan fingerprint density at radius 1 is 0.783 bits per heavy atom. The van der Waals surface area contributed by atoms with E-state index in [-0.39, 0.29) is 0 Å². The van der Waals surface area contributed by atoms with Gasteiger partial charge in [0.05, 0.1) is 6.10 Å². The highest BCUT2D eigenvalue weighted by Crippen LogP contribution is 2.27. The average Bonchev–Trinajstić information content (AvgIpc) is 2.36. The number of hydrogen-bond acceptors (Lipinski definition) is 8. The molecule has 0 bridgehead atoms. The minimum absolute atomic E-state index is 0.424. The highest BCUT2D eigenvalue weighted by molar-refractivity contribution is 5.73. The lowest BCUT2D eigenvalue weighted by Gasteiger charge is -2.43. The molecule has 1 aliphatic rings.